The quantitative estimate of drug-likeness (QED) is 0.709. The minimum absolute atomic E-state index is 0.646. The van der Waals surface area contributed by atoms with Crippen molar-refractivity contribution in [1.29, 1.82) is 0 Å². The molecule has 0 aliphatic carbocycles. The molecule has 0 aromatic heterocycles. The summed E-state index contributed by atoms with van der Waals surface area (Å²) in [6.07, 6.45) is 7.60. The third-order valence-corrected chi connectivity index (χ3v) is 4.21. The maximum absolute atomic E-state index is 5.87. The molecule has 2 atom stereocenters. The van der Waals surface area contributed by atoms with E-state index in [1.165, 1.54) is 44.5 Å². The van der Waals surface area contributed by atoms with Crippen LogP contribution in [0.5, 0.6) is 0 Å². The van der Waals surface area contributed by atoms with Crippen molar-refractivity contribution in [3.8, 4) is 0 Å². The molecule has 1 fully saturated rings. The van der Waals surface area contributed by atoms with Crippen LogP contribution in [-0.4, -0.2) is 42.6 Å². The minimum atomic E-state index is 0.646. The summed E-state index contributed by atoms with van der Waals surface area (Å²) in [5.41, 5.74) is 5.87. The Morgan fingerprint density at radius 1 is 1.40 bits per heavy atom. The predicted octanol–water partition coefficient (Wildman–Crippen LogP) is 2.19. The van der Waals surface area contributed by atoms with Gasteiger partial charge in [-0.05, 0) is 56.7 Å². The molecule has 90 valence electrons. The molecule has 2 unspecified atom stereocenters. The van der Waals surface area contributed by atoms with Gasteiger partial charge in [-0.1, -0.05) is 6.92 Å². The average Bonchev–Trinajstić information content (AvgIpc) is 2.24. The van der Waals surface area contributed by atoms with Gasteiger partial charge in [0.05, 0.1) is 0 Å². The van der Waals surface area contributed by atoms with Crippen molar-refractivity contribution >= 4 is 11.8 Å². The molecule has 1 aliphatic rings. The van der Waals surface area contributed by atoms with E-state index in [0.29, 0.717) is 6.04 Å². The number of hydrogen-bond acceptors (Lipinski definition) is 3. The van der Waals surface area contributed by atoms with Crippen molar-refractivity contribution in [3.63, 3.8) is 0 Å². The van der Waals surface area contributed by atoms with Gasteiger partial charge in [0.2, 0.25) is 0 Å². The van der Waals surface area contributed by atoms with E-state index in [1.54, 1.807) is 0 Å². The average molecular weight is 230 g/mol. The summed E-state index contributed by atoms with van der Waals surface area (Å²) in [5, 5.41) is 0. The molecule has 0 bridgehead atoms. The first-order valence-electron chi connectivity index (χ1n) is 6.22. The van der Waals surface area contributed by atoms with Crippen LogP contribution in [0.25, 0.3) is 0 Å². The van der Waals surface area contributed by atoms with E-state index in [4.69, 9.17) is 5.73 Å². The van der Waals surface area contributed by atoms with E-state index in [2.05, 4.69) is 18.1 Å². The van der Waals surface area contributed by atoms with E-state index < -0.39 is 0 Å². The Morgan fingerprint density at radius 2 is 2.20 bits per heavy atom. The monoisotopic (exact) mass is 230 g/mol. The molecule has 0 aromatic carbocycles. The maximum atomic E-state index is 5.87. The lowest BCUT2D eigenvalue weighted by Gasteiger charge is -2.39. The molecule has 2 nitrogen and oxygen atoms in total. The fourth-order valence-corrected chi connectivity index (χ4v) is 3.05. The fourth-order valence-electron chi connectivity index (χ4n) is 2.55. The van der Waals surface area contributed by atoms with Crippen molar-refractivity contribution in [3.05, 3.63) is 0 Å². The molecule has 2 N–H and O–H groups in total. The van der Waals surface area contributed by atoms with Crippen LogP contribution in [0.3, 0.4) is 0 Å². The Morgan fingerprint density at radius 3 is 2.87 bits per heavy atom. The zero-order valence-corrected chi connectivity index (χ0v) is 11.1. The minimum Gasteiger partial charge on any atom is -0.329 e. The summed E-state index contributed by atoms with van der Waals surface area (Å²) in [6.45, 7) is 5.72. The normalized spacial score (nSPS) is 28.2. The SMILES string of the molecule is CSCCCCN1CCCC(C)C1CN. The molecular formula is C12H26N2S. The molecule has 0 aromatic rings. The molecule has 0 spiro atoms. The number of nitrogens with two attached hydrogens (primary N) is 1. The van der Waals surface area contributed by atoms with E-state index in [0.717, 1.165) is 12.5 Å². The lowest BCUT2D eigenvalue weighted by atomic mass is 9.90. The van der Waals surface area contributed by atoms with Gasteiger partial charge >= 0.3 is 0 Å². The summed E-state index contributed by atoms with van der Waals surface area (Å²) in [5.74, 6) is 2.10. The molecule has 1 aliphatic heterocycles. The third kappa shape index (κ3) is 4.33. The number of piperidine rings is 1. The lowest BCUT2D eigenvalue weighted by Crippen LogP contribution is -2.48. The van der Waals surface area contributed by atoms with Gasteiger partial charge in [-0.3, -0.25) is 4.90 Å². The van der Waals surface area contributed by atoms with Gasteiger partial charge in [0.25, 0.3) is 0 Å². The second kappa shape index (κ2) is 7.53. The van der Waals surface area contributed by atoms with Crippen LogP contribution >= 0.6 is 11.8 Å². The zero-order valence-electron chi connectivity index (χ0n) is 10.2. The molecule has 0 amide bonds. The van der Waals surface area contributed by atoms with Crippen LogP contribution in [0.4, 0.5) is 0 Å². The van der Waals surface area contributed by atoms with Crippen molar-refractivity contribution in [2.24, 2.45) is 11.7 Å². The van der Waals surface area contributed by atoms with Gasteiger partial charge in [-0.15, -0.1) is 0 Å². The van der Waals surface area contributed by atoms with Crippen molar-refractivity contribution in [1.82, 2.24) is 4.90 Å². The summed E-state index contributed by atoms with van der Waals surface area (Å²) >= 11 is 1.95. The Kier molecular flexibility index (Phi) is 6.69. The van der Waals surface area contributed by atoms with Crippen LogP contribution in [0.2, 0.25) is 0 Å². The predicted molar refractivity (Wildman–Crippen MR) is 70.4 cm³/mol. The van der Waals surface area contributed by atoms with Crippen molar-refractivity contribution in [2.45, 2.75) is 38.6 Å². The second-order valence-electron chi connectivity index (χ2n) is 4.66. The largest absolute Gasteiger partial charge is 0.329 e. The third-order valence-electron chi connectivity index (χ3n) is 3.52. The molecule has 0 saturated carbocycles. The number of hydrogen-bond donors (Lipinski definition) is 1. The van der Waals surface area contributed by atoms with E-state index in [1.807, 2.05) is 11.8 Å². The smallest absolute Gasteiger partial charge is 0.0243 e. The Bertz CT molecular complexity index is 164. The molecule has 1 rings (SSSR count). The van der Waals surface area contributed by atoms with Crippen LogP contribution < -0.4 is 5.73 Å². The van der Waals surface area contributed by atoms with Crippen LogP contribution in [0, 0.1) is 5.92 Å². The zero-order chi connectivity index (χ0) is 11.1. The van der Waals surface area contributed by atoms with Crippen LogP contribution in [0.1, 0.15) is 32.6 Å². The summed E-state index contributed by atoms with van der Waals surface area (Å²) < 4.78 is 0. The Balaban J connectivity index is 2.25. The van der Waals surface area contributed by atoms with Crippen LogP contribution in [0.15, 0.2) is 0 Å². The molecule has 0 radical (unpaired) electrons. The van der Waals surface area contributed by atoms with E-state index in [-0.39, 0.29) is 0 Å². The van der Waals surface area contributed by atoms with Gasteiger partial charge in [0.1, 0.15) is 0 Å². The Hall–Kier alpha value is 0.270. The standard InChI is InChI=1S/C12H26N2S/c1-11-6-5-8-14(12(11)10-13)7-3-4-9-15-2/h11-12H,3-10,13H2,1-2H3. The van der Waals surface area contributed by atoms with Gasteiger partial charge in [-0.2, -0.15) is 11.8 Å². The van der Waals surface area contributed by atoms with Gasteiger partial charge in [0.15, 0.2) is 0 Å². The molecule has 15 heavy (non-hydrogen) atoms. The highest BCUT2D eigenvalue weighted by Crippen LogP contribution is 2.22. The maximum Gasteiger partial charge on any atom is 0.0243 e. The first-order valence-corrected chi connectivity index (χ1v) is 7.62. The van der Waals surface area contributed by atoms with Crippen molar-refractivity contribution in [2.75, 3.05) is 31.6 Å². The van der Waals surface area contributed by atoms with Crippen LogP contribution in [-0.2, 0) is 0 Å². The van der Waals surface area contributed by atoms with E-state index in [9.17, 15) is 0 Å². The van der Waals surface area contributed by atoms with Crippen molar-refractivity contribution < 1.29 is 0 Å². The number of nitrogens with zero attached hydrogens (tertiary/aromatic N) is 1. The molecule has 1 heterocycles. The van der Waals surface area contributed by atoms with E-state index >= 15 is 0 Å². The highest BCUT2D eigenvalue weighted by molar-refractivity contribution is 7.98. The fraction of sp³-hybridized carbons (Fsp3) is 1.00. The van der Waals surface area contributed by atoms with Gasteiger partial charge in [-0.25, -0.2) is 0 Å². The first-order chi connectivity index (χ1) is 7.29. The molecule has 3 heteroatoms. The highest BCUT2D eigenvalue weighted by Gasteiger charge is 2.26. The number of likely N-dealkylation sites (tertiary alicyclic amines) is 1. The second-order valence-corrected chi connectivity index (χ2v) is 5.64. The number of thioether (sulfide) groups is 1. The number of unbranched alkanes of at least 4 members (excludes halogenated alkanes) is 1. The topological polar surface area (TPSA) is 29.3 Å². The first kappa shape index (κ1) is 13.3. The Labute approximate surface area is 99.0 Å². The molecular weight excluding hydrogens is 204 g/mol. The molecule has 1 saturated heterocycles. The number of rotatable bonds is 6. The lowest BCUT2D eigenvalue weighted by molar-refractivity contribution is 0.105. The van der Waals surface area contributed by atoms with Gasteiger partial charge in [0, 0.05) is 12.6 Å². The highest BCUT2D eigenvalue weighted by atomic mass is 32.2. The van der Waals surface area contributed by atoms with Gasteiger partial charge < -0.3 is 5.73 Å². The summed E-state index contributed by atoms with van der Waals surface area (Å²) in [7, 11) is 0. The summed E-state index contributed by atoms with van der Waals surface area (Å²) in [4.78, 5) is 2.62. The summed E-state index contributed by atoms with van der Waals surface area (Å²) in [6, 6.07) is 0.646.